The van der Waals surface area contributed by atoms with E-state index >= 15 is 0 Å². The summed E-state index contributed by atoms with van der Waals surface area (Å²) in [6.45, 7) is 0. The first kappa shape index (κ1) is 17.7. The molecule has 2 bridgehead atoms. The molecule has 2 fully saturated rings. The molecule has 2 saturated heterocycles. The standard InChI is InChI=1S/C18H20N2O4S/c1-20-13-6-7-14(20)16(18(22)23-2)15(9-13)24-17(21)11-4-3-5-12(8-11)19-10-25/h3-5,8,13-16H,6-7,9H2,1-2H3/t13-,14-,15+,16-/m1/s1. The fourth-order valence-corrected chi connectivity index (χ4v) is 4.05. The lowest BCUT2D eigenvalue weighted by Crippen LogP contribution is -2.53. The third-order valence-electron chi connectivity index (χ3n) is 5.20. The Morgan fingerprint density at radius 2 is 2.16 bits per heavy atom. The SMILES string of the molecule is COC(=O)[C@H]1[C@@H](OC(=O)c2cccc(N=C=S)c2)C[C@H]2CC[C@H]1N2C. The maximum Gasteiger partial charge on any atom is 0.338 e. The number of hydrogen-bond donors (Lipinski definition) is 0. The Kier molecular flexibility index (Phi) is 5.27. The van der Waals surface area contributed by atoms with Gasteiger partial charge in [-0.2, -0.15) is 4.99 Å². The van der Waals surface area contributed by atoms with Crippen LogP contribution < -0.4 is 0 Å². The van der Waals surface area contributed by atoms with Crippen LogP contribution in [0, 0.1) is 5.92 Å². The minimum Gasteiger partial charge on any atom is -0.469 e. The highest BCUT2D eigenvalue weighted by atomic mass is 32.1. The third-order valence-corrected chi connectivity index (χ3v) is 5.29. The molecule has 2 heterocycles. The molecule has 1 aromatic carbocycles. The second kappa shape index (κ2) is 7.44. The number of methoxy groups -OCH3 is 1. The summed E-state index contributed by atoms with van der Waals surface area (Å²) in [6, 6.07) is 7.06. The van der Waals surface area contributed by atoms with Crippen molar-refractivity contribution < 1.29 is 19.1 Å². The van der Waals surface area contributed by atoms with Crippen LogP contribution in [0.25, 0.3) is 0 Å². The Morgan fingerprint density at radius 1 is 1.36 bits per heavy atom. The first-order valence-corrected chi connectivity index (χ1v) is 8.64. The number of piperidine rings is 1. The van der Waals surface area contributed by atoms with Gasteiger partial charge in [-0.25, -0.2) is 4.79 Å². The number of fused-ring (bicyclic) bond motifs is 2. The topological polar surface area (TPSA) is 68.2 Å². The van der Waals surface area contributed by atoms with Crippen LogP contribution in [0.3, 0.4) is 0 Å². The van der Waals surface area contributed by atoms with Gasteiger partial charge in [0, 0.05) is 18.5 Å². The fourth-order valence-electron chi connectivity index (χ4n) is 3.95. The number of isothiocyanates is 1. The monoisotopic (exact) mass is 360 g/mol. The Balaban J connectivity index is 1.80. The van der Waals surface area contributed by atoms with Crippen molar-refractivity contribution in [3.8, 4) is 0 Å². The number of carbonyl (C=O) groups excluding carboxylic acids is 2. The zero-order valence-electron chi connectivity index (χ0n) is 14.2. The number of hydrogen-bond acceptors (Lipinski definition) is 7. The van der Waals surface area contributed by atoms with Crippen LogP contribution in [0.1, 0.15) is 29.6 Å². The molecule has 0 saturated carbocycles. The Bertz CT molecular complexity index is 732. The van der Waals surface area contributed by atoms with E-state index in [-0.39, 0.29) is 12.0 Å². The molecule has 0 radical (unpaired) electrons. The fraction of sp³-hybridized carbons (Fsp3) is 0.500. The molecule has 0 aromatic heterocycles. The first-order chi connectivity index (χ1) is 12.0. The Morgan fingerprint density at radius 3 is 2.88 bits per heavy atom. The van der Waals surface area contributed by atoms with Crippen LogP contribution in [0.2, 0.25) is 0 Å². The summed E-state index contributed by atoms with van der Waals surface area (Å²) in [5.41, 5.74) is 0.916. The summed E-state index contributed by atoms with van der Waals surface area (Å²) in [6.07, 6.45) is 2.07. The largest absolute Gasteiger partial charge is 0.469 e. The molecule has 6 nitrogen and oxygen atoms in total. The van der Waals surface area contributed by atoms with Crippen LogP contribution in [0.5, 0.6) is 0 Å². The van der Waals surface area contributed by atoms with Crippen LogP contribution in [0.15, 0.2) is 29.3 Å². The van der Waals surface area contributed by atoms with E-state index in [0.29, 0.717) is 23.7 Å². The lowest BCUT2D eigenvalue weighted by Gasteiger charge is -2.40. The van der Waals surface area contributed by atoms with Gasteiger partial charge in [0.15, 0.2) is 0 Å². The van der Waals surface area contributed by atoms with Crippen LogP contribution in [-0.4, -0.2) is 54.3 Å². The van der Waals surface area contributed by atoms with Gasteiger partial charge in [0.1, 0.15) is 12.0 Å². The van der Waals surface area contributed by atoms with Crippen molar-refractivity contribution in [2.75, 3.05) is 14.2 Å². The highest BCUT2D eigenvalue weighted by Gasteiger charge is 2.50. The summed E-state index contributed by atoms with van der Waals surface area (Å²) in [5, 5.41) is 2.28. The van der Waals surface area contributed by atoms with E-state index < -0.39 is 18.0 Å². The van der Waals surface area contributed by atoms with Gasteiger partial charge < -0.3 is 9.47 Å². The van der Waals surface area contributed by atoms with E-state index in [1.54, 1.807) is 24.3 Å². The molecule has 3 rings (SSSR count). The van der Waals surface area contributed by atoms with E-state index in [0.717, 1.165) is 12.8 Å². The van der Waals surface area contributed by atoms with Gasteiger partial charge in [-0.15, -0.1) is 0 Å². The number of thiocarbonyl (C=S) groups is 1. The van der Waals surface area contributed by atoms with Crippen molar-refractivity contribution in [3.05, 3.63) is 29.8 Å². The molecule has 0 aliphatic carbocycles. The van der Waals surface area contributed by atoms with Crippen LogP contribution in [0.4, 0.5) is 5.69 Å². The molecule has 25 heavy (non-hydrogen) atoms. The lowest BCUT2D eigenvalue weighted by molar-refractivity contribution is -0.156. The van der Waals surface area contributed by atoms with E-state index in [1.807, 2.05) is 7.05 Å². The lowest BCUT2D eigenvalue weighted by atomic mass is 9.87. The number of aliphatic imine (C=N–C) groups is 1. The number of nitrogens with zero attached hydrogens (tertiary/aromatic N) is 2. The zero-order valence-corrected chi connectivity index (χ0v) is 15.0. The average molecular weight is 360 g/mol. The molecule has 2 aliphatic rings. The predicted octanol–water partition coefficient (Wildman–Crippen LogP) is 2.60. The Labute approximate surface area is 151 Å². The minimum atomic E-state index is -0.480. The van der Waals surface area contributed by atoms with Gasteiger partial charge in [-0.1, -0.05) is 6.07 Å². The van der Waals surface area contributed by atoms with Crippen molar-refractivity contribution in [1.82, 2.24) is 4.90 Å². The summed E-state index contributed by atoms with van der Waals surface area (Å²) in [7, 11) is 3.39. The molecule has 2 aliphatic heterocycles. The van der Waals surface area contributed by atoms with Gasteiger partial charge >= 0.3 is 11.9 Å². The normalized spacial score (nSPS) is 28.1. The van der Waals surface area contributed by atoms with E-state index in [1.165, 1.54) is 7.11 Å². The maximum absolute atomic E-state index is 12.6. The number of rotatable bonds is 4. The molecule has 4 atom stereocenters. The highest BCUT2D eigenvalue weighted by molar-refractivity contribution is 7.78. The molecule has 0 amide bonds. The third kappa shape index (κ3) is 3.49. The van der Waals surface area contributed by atoms with Crippen molar-refractivity contribution in [1.29, 1.82) is 0 Å². The molecule has 0 N–H and O–H groups in total. The second-order valence-corrected chi connectivity index (χ2v) is 6.63. The molecule has 0 spiro atoms. The number of carbonyl (C=O) groups is 2. The van der Waals surface area contributed by atoms with E-state index in [4.69, 9.17) is 9.47 Å². The molecular weight excluding hydrogens is 340 g/mol. The Hall–Kier alpha value is -2.08. The van der Waals surface area contributed by atoms with Crippen molar-refractivity contribution in [2.45, 2.75) is 37.5 Å². The minimum absolute atomic E-state index is 0.0507. The number of ether oxygens (including phenoxy) is 2. The van der Waals surface area contributed by atoms with Crippen LogP contribution >= 0.6 is 12.2 Å². The number of esters is 2. The summed E-state index contributed by atoms with van der Waals surface area (Å²) >= 11 is 4.59. The molecule has 132 valence electrons. The highest BCUT2D eigenvalue weighted by Crippen LogP contribution is 2.40. The van der Waals surface area contributed by atoms with Crippen molar-refractivity contribution in [3.63, 3.8) is 0 Å². The van der Waals surface area contributed by atoms with Gasteiger partial charge in [-0.05, 0) is 50.3 Å². The summed E-state index contributed by atoms with van der Waals surface area (Å²) < 4.78 is 10.7. The van der Waals surface area contributed by atoms with Crippen molar-refractivity contribution >= 4 is 35.0 Å². The molecular formula is C18H20N2O4S. The molecule has 7 heteroatoms. The molecule has 0 unspecified atom stereocenters. The van der Waals surface area contributed by atoms with Gasteiger partial charge in [0.25, 0.3) is 0 Å². The van der Waals surface area contributed by atoms with Gasteiger partial charge in [-0.3, -0.25) is 9.69 Å². The quantitative estimate of drug-likeness (QED) is 0.467. The van der Waals surface area contributed by atoms with Gasteiger partial charge in [0.05, 0.1) is 23.5 Å². The zero-order chi connectivity index (χ0) is 18.0. The summed E-state index contributed by atoms with van der Waals surface area (Å²) in [4.78, 5) is 30.9. The average Bonchev–Trinajstić information content (AvgIpc) is 2.85. The first-order valence-electron chi connectivity index (χ1n) is 8.24. The van der Waals surface area contributed by atoms with Crippen molar-refractivity contribution in [2.24, 2.45) is 10.9 Å². The molecule has 1 aromatic rings. The predicted molar refractivity (Wildman–Crippen MR) is 95.0 cm³/mol. The van der Waals surface area contributed by atoms with E-state index in [9.17, 15) is 9.59 Å². The smallest absolute Gasteiger partial charge is 0.338 e. The van der Waals surface area contributed by atoms with E-state index in [2.05, 4.69) is 27.3 Å². The number of benzene rings is 1. The van der Waals surface area contributed by atoms with Crippen LogP contribution in [-0.2, 0) is 14.3 Å². The van der Waals surface area contributed by atoms with Gasteiger partial charge in [0.2, 0.25) is 0 Å². The second-order valence-electron chi connectivity index (χ2n) is 6.45. The maximum atomic E-state index is 12.6. The summed E-state index contributed by atoms with van der Waals surface area (Å²) in [5.74, 6) is -1.25.